The zero-order chi connectivity index (χ0) is 19.6. The number of sulfonamides is 1. The van der Waals surface area contributed by atoms with Gasteiger partial charge in [-0.25, -0.2) is 12.8 Å². The van der Waals surface area contributed by atoms with E-state index in [1.165, 1.54) is 21.3 Å². The maximum absolute atomic E-state index is 13.1. The number of hydrogen-bond acceptors (Lipinski definition) is 3. The van der Waals surface area contributed by atoms with Crippen LogP contribution in [0.2, 0.25) is 0 Å². The summed E-state index contributed by atoms with van der Waals surface area (Å²) in [5, 5.41) is 0. The summed E-state index contributed by atoms with van der Waals surface area (Å²) in [6.07, 6.45) is 0.935. The third kappa shape index (κ3) is 4.20. The Bertz CT molecular complexity index is 903. The van der Waals surface area contributed by atoms with Crippen molar-refractivity contribution >= 4 is 21.6 Å². The molecule has 144 valence electrons. The molecule has 0 saturated carbocycles. The minimum atomic E-state index is -3.54. The molecule has 2 aromatic rings. The van der Waals surface area contributed by atoms with E-state index in [0.717, 1.165) is 5.56 Å². The highest BCUT2D eigenvalue weighted by Gasteiger charge is 2.33. The summed E-state index contributed by atoms with van der Waals surface area (Å²) in [7, 11) is -1.88. The molecule has 7 heteroatoms. The van der Waals surface area contributed by atoms with Gasteiger partial charge in [0.2, 0.25) is 15.9 Å². The number of benzene rings is 2. The van der Waals surface area contributed by atoms with Crippen LogP contribution in [0.4, 0.5) is 10.1 Å². The predicted octanol–water partition coefficient (Wildman–Crippen LogP) is 3.20. The van der Waals surface area contributed by atoms with E-state index in [1.807, 2.05) is 6.92 Å². The minimum Gasteiger partial charge on any atom is -0.315 e. The van der Waals surface area contributed by atoms with Crippen LogP contribution in [0.3, 0.4) is 0 Å². The van der Waals surface area contributed by atoms with E-state index in [2.05, 4.69) is 0 Å². The van der Waals surface area contributed by atoms with Gasteiger partial charge in [0.1, 0.15) is 5.82 Å². The molecule has 1 fully saturated rings. The molecule has 0 atom stereocenters. The Balaban J connectivity index is 1.65. The highest BCUT2D eigenvalue weighted by atomic mass is 32.2. The Morgan fingerprint density at radius 2 is 1.59 bits per heavy atom. The lowest BCUT2D eigenvalue weighted by atomic mass is 9.96. The van der Waals surface area contributed by atoms with Crippen molar-refractivity contribution in [3.8, 4) is 0 Å². The van der Waals surface area contributed by atoms with Gasteiger partial charge < -0.3 is 4.90 Å². The van der Waals surface area contributed by atoms with Gasteiger partial charge in [-0.1, -0.05) is 17.7 Å². The number of carbonyl (C=O) groups excluding carboxylic acids is 1. The standard InChI is InChI=1S/C20H23FN2O3S/c1-15-3-9-19(10-4-15)27(25,26)23-13-11-16(12-14-23)20(24)22(2)18-7-5-17(21)6-8-18/h3-10,16H,11-14H2,1-2H3. The molecule has 1 amide bonds. The van der Waals surface area contributed by atoms with Gasteiger partial charge in [0.15, 0.2) is 0 Å². The van der Waals surface area contributed by atoms with E-state index >= 15 is 0 Å². The van der Waals surface area contributed by atoms with Crippen LogP contribution in [0.15, 0.2) is 53.4 Å². The van der Waals surface area contributed by atoms with E-state index in [4.69, 9.17) is 0 Å². The summed E-state index contributed by atoms with van der Waals surface area (Å²) in [5.41, 5.74) is 1.62. The zero-order valence-corrected chi connectivity index (χ0v) is 16.2. The van der Waals surface area contributed by atoms with Crippen LogP contribution in [0.1, 0.15) is 18.4 Å². The molecule has 27 heavy (non-hydrogen) atoms. The molecule has 1 heterocycles. The topological polar surface area (TPSA) is 57.7 Å². The Kier molecular flexibility index (Phi) is 5.62. The predicted molar refractivity (Wildman–Crippen MR) is 102 cm³/mol. The van der Waals surface area contributed by atoms with Crippen LogP contribution < -0.4 is 4.90 Å². The number of piperidine rings is 1. The monoisotopic (exact) mass is 390 g/mol. The first-order chi connectivity index (χ1) is 12.8. The smallest absolute Gasteiger partial charge is 0.243 e. The van der Waals surface area contributed by atoms with E-state index in [0.29, 0.717) is 31.6 Å². The molecule has 3 rings (SSSR count). The Hall–Kier alpha value is -2.25. The van der Waals surface area contributed by atoms with Gasteiger partial charge >= 0.3 is 0 Å². The zero-order valence-electron chi connectivity index (χ0n) is 15.4. The first-order valence-corrected chi connectivity index (χ1v) is 10.3. The van der Waals surface area contributed by atoms with Crippen molar-refractivity contribution in [3.05, 3.63) is 59.9 Å². The number of aryl methyl sites for hydroxylation is 1. The number of carbonyl (C=O) groups is 1. The highest BCUT2D eigenvalue weighted by molar-refractivity contribution is 7.89. The molecular formula is C20H23FN2O3S. The van der Waals surface area contributed by atoms with Crippen LogP contribution in [0.25, 0.3) is 0 Å². The fourth-order valence-electron chi connectivity index (χ4n) is 3.27. The molecule has 0 bridgehead atoms. The van der Waals surface area contributed by atoms with Gasteiger partial charge in [0.25, 0.3) is 0 Å². The lowest BCUT2D eigenvalue weighted by Crippen LogP contribution is -2.43. The normalized spacial score (nSPS) is 16.3. The number of anilines is 1. The summed E-state index contributed by atoms with van der Waals surface area (Å²) in [6, 6.07) is 12.5. The van der Waals surface area contributed by atoms with E-state index in [1.54, 1.807) is 43.4 Å². The van der Waals surface area contributed by atoms with Gasteiger partial charge in [0.05, 0.1) is 4.90 Å². The number of hydrogen-bond donors (Lipinski definition) is 0. The molecular weight excluding hydrogens is 367 g/mol. The quantitative estimate of drug-likeness (QED) is 0.806. The molecule has 1 aliphatic rings. The lowest BCUT2D eigenvalue weighted by Gasteiger charge is -2.32. The second-order valence-corrected chi connectivity index (χ2v) is 8.80. The summed E-state index contributed by atoms with van der Waals surface area (Å²) in [5.74, 6) is -0.673. The SMILES string of the molecule is Cc1ccc(S(=O)(=O)N2CCC(C(=O)N(C)c3ccc(F)cc3)CC2)cc1. The minimum absolute atomic E-state index is 0.0750. The van der Waals surface area contributed by atoms with Gasteiger partial charge in [-0.15, -0.1) is 0 Å². The van der Waals surface area contributed by atoms with Gasteiger partial charge in [-0.05, 0) is 56.2 Å². The number of halogens is 1. The summed E-state index contributed by atoms with van der Waals surface area (Å²) < 4.78 is 40.0. The van der Waals surface area contributed by atoms with Crippen molar-refractivity contribution in [1.82, 2.24) is 4.31 Å². The molecule has 0 spiro atoms. The summed E-state index contributed by atoms with van der Waals surface area (Å²) >= 11 is 0. The Labute approximate surface area is 159 Å². The van der Waals surface area contributed by atoms with Crippen molar-refractivity contribution in [1.29, 1.82) is 0 Å². The summed E-state index contributed by atoms with van der Waals surface area (Å²) in [6.45, 7) is 2.53. The molecule has 0 N–H and O–H groups in total. The third-order valence-corrected chi connectivity index (χ3v) is 6.92. The Morgan fingerprint density at radius 3 is 2.15 bits per heavy atom. The maximum atomic E-state index is 13.1. The van der Waals surface area contributed by atoms with Gasteiger partial charge in [-0.3, -0.25) is 4.79 Å². The first kappa shape index (κ1) is 19.5. The average Bonchev–Trinajstić information content (AvgIpc) is 2.68. The van der Waals surface area contributed by atoms with Gasteiger partial charge in [-0.2, -0.15) is 4.31 Å². The molecule has 0 aliphatic carbocycles. The van der Waals surface area contributed by atoms with E-state index < -0.39 is 10.0 Å². The average molecular weight is 390 g/mol. The van der Waals surface area contributed by atoms with Crippen molar-refractivity contribution < 1.29 is 17.6 Å². The first-order valence-electron chi connectivity index (χ1n) is 8.89. The van der Waals surface area contributed by atoms with E-state index in [9.17, 15) is 17.6 Å². The van der Waals surface area contributed by atoms with E-state index in [-0.39, 0.29) is 22.5 Å². The number of nitrogens with zero attached hydrogens (tertiary/aromatic N) is 2. The fraction of sp³-hybridized carbons (Fsp3) is 0.350. The number of amides is 1. The Morgan fingerprint density at radius 1 is 1.04 bits per heavy atom. The van der Waals surface area contributed by atoms with Crippen molar-refractivity contribution in [2.75, 3.05) is 25.0 Å². The van der Waals surface area contributed by atoms with Gasteiger partial charge in [0, 0.05) is 31.7 Å². The largest absolute Gasteiger partial charge is 0.315 e. The molecule has 5 nitrogen and oxygen atoms in total. The van der Waals surface area contributed by atoms with Crippen LogP contribution in [-0.4, -0.2) is 38.8 Å². The highest BCUT2D eigenvalue weighted by Crippen LogP contribution is 2.26. The number of rotatable bonds is 4. The second kappa shape index (κ2) is 7.78. The summed E-state index contributed by atoms with van der Waals surface area (Å²) in [4.78, 5) is 14.5. The fourth-order valence-corrected chi connectivity index (χ4v) is 4.74. The molecule has 0 unspecified atom stereocenters. The lowest BCUT2D eigenvalue weighted by molar-refractivity contribution is -0.123. The van der Waals surface area contributed by atoms with Crippen LogP contribution in [-0.2, 0) is 14.8 Å². The molecule has 2 aromatic carbocycles. The van der Waals surface area contributed by atoms with Crippen LogP contribution >= 0.6 is 0 Å². The van der Waals surface area contributed by atoms with Crippen molar-refractivity contribution in [2.24, 2.45) is 5.92 Å². The van der Waals surface area contributed by atoms with Crippen molar-refractivity contribution in [3.63, 3.8) is 0 Å². The van der Waals surface area contributed by atoms with Crippen molar-refractivity contribution in [2.45, 2.75) is 24.7 Å². The van der Waals surface area contributed by atoms with Crippen LogP contribution in [0.5, 0.6) is 0 Å². The molecule has 0 aromatic heterocycles. The molecule has 0 radical (unpaired) electrons. The van der Waals surface area contributed by atoms with Crippen LogP contribution in [0, 0.1) is 18.7 Å². The second-order valence-electron chi connectivity index (χ2n) is 6.87. The maximum Gasteiger partial charge on any atom is 0.243 e. The molecule has 1 saturated heterocycles. The third-order valence-electron chi connectivity index (χ3n) is 5.01. The molecule has 1 aliphatic heterocycles.